The van der Waals surface area contributed by atoms with Gasteiger partial charge in [-0.15, -0.1) is 0 Å². The quantitative estimate of drug-likeness (QED) is 0.868. The highest BCUT2D eigenvalue weighted by Crippen LogP contribution is 2.30. The van der Waals surface area contributed by atoms with Crippen molar-refractivity contribution >= 4 is 5.91 Å². The van der Waals surface area contributed by atoms with Gasteiger partial charge in [0, 0.05) is 24.4 Å². The maximum absolute atomic E-state index is 12.3. The van der Waals surface area contributed by atoms with E-state index in [0.29, 0.717) is 6.42 Å². The Balaban J connectivity index is 1.91. The molecule has 2 N–H and O–H groups in total. The third-order valence-corrected chi connectivity index (χ3v) is 4.40. The van der Waals surface area contributed by atoms with Crippen molar-refractivity contribution in [1.29, 1.82) is 0 Å². The topological polar surface area (TPSA) is 54.0 Å². The molecule has 1 atom stereocenters. The second kappa shape index (κ2) is 6.84. The highest BCUT2D eigenvalue weighted by atomic mass is 16.1. The van der Waals surface area contributed by atoms with E-state index in [1.54, 1.807) is 12.4 Å². The predicted octanol–water partition coefficient (Wildman–Crippen LogP) is 2.57. The van der Waals surface area contributed by atoms with E-state index in [0.717, 1.165) is 18.4 Å². The summed E-state index contributed by atoms with van der Waals surface area (Å²) in [5, 5.41) is 6.47. The molecule has 1 saturated carbocycles. The van der Waals surface area contributed by atoms with Crippen LogP contribution >= 0.6 is 0 Å². The first kappa shape index (κ1) is 15.0. The van der Waals surface area contributed by atoms with Gasteiger partial charge < -0.3 is 10.6 Å². The molecule has 1 fully saturated rings. The summed E-state index contributed by atoms with van der Waals surface area (Å²) in [6.07, 6.45) is 10.0. The fraction of sp³-hybridized carbons (Fsp3) is 0.625. The SMILES string of the molecule is CNC1(CC(=O)N[C@H](C)c2cccnc2)CCCCC1. The van der Waals surface area contributed by atoms with E-state index in [4.69, 9.17) is 0 Å². The van der Waals surface area contributed by atoms with Gasteiger partial charge in [0.25, 0.3) is 0 Å². The lowest BCUT2D eigenvalue weighted by Crippen LogP contribution is -2.48. The van der Waals surface area contributed by atoms with Crippen molar-refractivity contribution in [1.82, 2.24) is 15.6 Å². The van der Waals surface area contributed by atoms with Crippen LogP contribution in [-0.2, 0) is 4.79 Å². The van der Waals surface area contributed by atoms with Gasteiger partial charge in [0.15, 0.2) is 0 Å². The van der Waals surface area contributed by atoms with E-state index in [-0.39, 0.29) is 17.5 Å². The minimum Gasteiger partial charge on any atom is -0.349 e. The van der Waals surface area contributed by atoms with Crippen LogP contribution in [0, 0.1) is 0 Å². The Hall–Kier alpha value is -1.42. The van der Waals surface area contributed by atoms with Crippen molar-refractivity contribution in [2.75, 3.05) is 7.05 Å². The van der Waals surface area contributed by atoms with Gasteiger partial charge in [-0.1, -0.05) is 25.3 Å². The van der Waals surface area contributed by atoms with Gasteiger partial charge in [-0.3, -0.25) is 9.78 Å². The number of hydrogen-bond donors (Lipinski definition) is 2. The Labute approximate surface area is 121 Å². The van der Waals surface area contributed by atoms with Gasteiger partial charge in [0.1, 0.15) is 0 Å². The molecule has 0 radical (unpaired) electrons. The van der Waals surface area contributed by atoms with Crippen molar-refractivity contribution in [3.63, 3.8) is 0 Å². The molecule has 4 heteroatoms. The number of pyridine rings is 1. The Morgan fingerprint density at radius 1 is 1.40 bits per heavy atom. The lowest BCUT2D eigenvalue weighted by molar-refractivity contribution is -0.123. The first-order chi connectivity index (χ1) is 9.65. The molecule has 1 aromatic rings. The largest absolute Gasteiger partial charge is 0.349 e. The Bertz CT molecular complexity index is 427. The van der Waals surface area contributed by atoms with Crippen LogP contribution in [0.15, 0.2) is 24.5 Å². The highest BCUT2D eigenvalue weighted by Gasteiger charge is 2.32. The number of carbonyl (C=O) groups excluding carboxylic acids is 1. The van der Waals surface area contributed by atoms with E-state index in [1.165, 1.54) is 19.3 Å². The van der Waals surface area contributed by atoms with Crippen LogP contribution in [0.1, 0.15) is 57.1 Å². The zero-order chi connectivity index (χ0) is 14.4. The molecule has 0 aliphatic heterocycles. The summed E-state index contributed by atoms with van der Waals surface area (Å²) >= 11 is 0. The smallest absolute Gasteiger partial charge is 0.222 e. The minimum absolute atomic E-state index is 0.00298. The Morgan fingerprint density at radius 2 is 2.15 bits per heavy atom. The van der Waals surface area contributed by atoms with Gasteiger partial charge in [0.05, 0.1) is 6.04 Å². The number of rotatable bonds is 5. The molecule has 1 heterocycles. The monoisotopic (exact) mass is 275 g/mol. The molecular weight excluding hydrogens is 250 g/mol. The van der Waals surface area contributed by atoms with Crippen LogP contribution in [0.2, 0.25) is 0 Å². The molecule has 20 heavy (non-hydrogen) atoms. The summed E-state index contributed by atoms with van der Waals surface area (Å²) in [5.74, 6) is 0.123. The molecule has 0 bridgehead atoms. The van der Waals surface area contributed by atoms with E-state index in [2.05, 4.69) is 15.6 Å². The van der Waals surface area contributed by atoms with Crippen molar-refractivity contribution in [3.8, 4) is 0 Å². The van der Waals surface area contributed by atoms with Gasteiger partial charge >= 0.3 is 0 Å². The van der Waals surface area contributed by atoms with Crippen LogP contribution in [-0.4, -0.2) is 23.5 Å². The van der Waals surface area contributed by atoms with Gasteiger partial charge in [-0.05, 0) is 38.4 Å². The molecule has 0 spiro atoms. The van der Waals surface area contributed by atoms with E-state index in [1.807, 2.05) is 26.1 Å². The Kier molecular flexibility index (Phi) is 5.12. The van der Waals surface area contributed by atoms with Crippen molar-refractivity contribution in [3.05, 3.63) is 30.1 Å². The third-order valence-electron chi connectivity index (χ3n) is 4.40. The number of hydrogen-bond acceptors (Lipinski definition) is 3. The van der Waals surface area contributed by atoms with Gasteiger partial charge in [-0.2, -0.15) is 0 Å². The van der Waals surface area contributed by atoms with E-state index in [9.17, 15) is 4.79 Å². The maximum atomic E-state index is 12.3. The van der Waals surface area contributed by atoms with E-state index < -0.39 is 0 Å². The molecule has 1 amide bonds. The number of amides is 1. The number of aromatic nitrogens is 1. The zero-order valence-corrected chi connectivity index (χ0v) is 12.5. The molecule has 0 aromatic carbocycles. The first-order valence-electron chi connectivity index (χ1n) is 7.53. The van der Waals surface area contributed by atoms with Crippen LogP contribution in [0.3, 0.4) is 0 Å². The summed E-state index contributed by atoms with van der Waals surface area (Å²) in [7, 11) is 1.98. The lowest BCUT2D eigenvalue weighted by Gasteiger charge is -2.37. The predicted molar refractivity (Wildman–Crippen MR) is 80.3 cm³/mol. The minimum atomic E-state index is -0.00298. The third kappa shape index (κ3) is 3.79. The fourth-order valence-electron chi connectivity index (χ4n) is 3.06. The summed E-state index contributed by atoms with van der Waals surface area (Å²) < 4.78 is 0. The summed E-state index contributed by atoms with van der Waals surface area (Å²) in [6.45, 7) is 2.00. The van der Waals surface area contributed by atoms with Crippen LogP contribution in [0.25, 0.3) is 0 Å². The molecule has 1 aromatic heterocycles. The molecule has 0 unspecified atom stereocenters. The van der Waals surface area contributed by atoms with Crippen LogP contribution in [0.5, 0.6) is 0 Å². The number of nitrogens with zero attached hydrogens (tertiary/aromatic N) is 1. The van der Waals surface area contributed by atoms with Crippen molar-refractivity contribution < 1.29 is 4.79 Å². The van der Waals surface area contributed by atoms with Crippen LogP contribution in [0.4, 0.5) is 0 Å². The molecule has 1 aliphatic rings. The second-order valence-electron chi connectivity index (χ2n) is 5.84. The Morgan fingerprint density at radius 3 is 2.75 bits per heavy atom. The molecule has 110 valence electrons. The average molecular weight is 275 g/mol. The van der Waals surface area contributed by atoms with Crippen molar-refractivity contribution in [2.24, 2.45) is 0 Å². The molecule has 4 nitrogen and oxygen atoms in total. The average Bonchev–Trinajstić information content (AvgIpc) is 2.49. The van der Waals surface area contributed by atoms with E-state index >= 15 is 0 Å². The maximum Gasteiger partial charge on any atom is 0.222 e. The van der Waals surface area contributed by atoms with Gasteiger partial charge in [0.2, 0.25) is 5.91 Å². The lowest BCUT2D eigenvalue weighted by atomic mass is 9.79. The molecule has 1 aliphatic carbocycles. The standard InChI is InChI=1S/C16H25N3O/c1-13(14-7-6-10-18-12-14)19-15(20)11-16(17-2)8-4-3-5-9-16/h6-7,10,12-13,17H,3-5,8-9,11H2,1-2H3,(H,19,20)/t13-/m1/s1. The molecule has 0 saturated heterocycles. The molecular formula is C16H25N3O. The highest BCUT2D eigenvalue weighted by molar-refractivity contribution is 5.77. The number of nitrogens with one attached hydrogen (secondary N) is 2. The summed E-state index contributed by atoms with van der Waals surface area (Å²) in [4.78, 5) is 16.4. The molecule has 2 rings (SSSR count). The van der Waals surface area contributed by atoms with Gasteiger partial charge in [-0.25, -0.2) is 0 Å². The second-order valence-corrected chi connectivity index (χ2v) is 5.84. The van der Waals surface area contributed by atoms with Crippen molar-refractivity contribution in [2.45, 2.75) is 57.0 Å². The number of carbonyl (C=O) groups is 1. The normalized spacial score (nSPS) is 19.3. The van der Waals surface area contributed by atoms with Crippen LogP contribution < -0.4 is 10.6 Å². The summed E-state index contributed by atoms with van der Waals surface area (Å²) in [6, 6.07) is 3.90. The zero-order valence-electron chi connectivity index (χ0n) is 12.5. The first-order valence-corrected chi connectivity index (χ1v) is 7.53. The summed E-state index contributed by atoms with van der Waals surface area (Å²) in [5.41, 5.74) is 1.04. The fourth-order valence-corrected chi connectivity index (χ4v) is 3.06.